The third kappa shape index (κ3) is 1.94. The Morgan fingerprint density at radius 3 is 2.80 bits per heavy atom. The highest BCUT2D eigenvalue weighted by Gasteiger charge is 2.21. The van der Waals surface area contributed by atoms with Crippen molar-refractivity contribution in [3.63, 3.8) is 0 Å². The molecule has 3 rings (SSSR count). The number of benzene rings is 1. The number of H-pyrrole nitrogens is 1. The van der Waals surface area contributed by atoms with Crippen LogP contribution in [0.1, 0.15) is 0 Å². The van der Waals surface area contributed by atoms with Crippen molar-refractivity contribution in [1.29, 1.82) is 0 Å². The Morgan fingerprint density at radius 2 is 2.10 bits per heavy atom. The van der Waals surface area contributed by atoms with Gasteiger partial charge < -0.3 is 10.5 Å². The molecule has 0 aliphatic rings. The third-order valence-electron chi connectivity index (χ3n) is 3.01. The molecule has 2 aromatic heterocycles. The molecular weight excluding hydrogens is 277 g/mol. The van der Waals surface area contributed by atoms with Gasteiger partial charge in [0, 0.05) is 4.88 Å². The van der Waals surface area contributed by atoms with Crippen LogP contribution in [0.3, 0.4) is 0 Å². The van der Waals surface area contributed by atoms with Crippen molar-refractivity contribution in [2.45, 2.75) is 0 Å². The highest BCUT2D eigenvalue weighted by molar-refractivity contribution is 7.13. The summed E-state index contributed by atoms with van der Waals surface area (Å²) in [4.78, 5) is 0.927. The van der Waals surface area contributed by atoms with Gasteiger partial charge in [-0.05, 0) is 23.6 Å². The van der Waals surface area contributed by atoms with E-state index in [1.54, 1.807) is 12.1 Å². The molecule has 1 aromatic carbocycles. The third-order valence-corrected chi connectivity index (χ3v) is 3.89. The van der Waals surface area contributed by atoms with Crippen LogP contribution < -0.4 is 10.5 Å². The van der Waals surface area contributed by atoms with Crippen molar-refractivity contribution in [2.24, 2.45) is 0 Å². The highest BCUT2D eigenvalue weighted by atomic mass is 32.1. The number of aromatic nitrogens is 2. The fourth-order valence-electron chi connectivity index (χ4n) is 2.12. The van der Waals surface area contributed by atoms with Crippen LogP contribution in [0.2, 0.25) is 0 Å². The lowest BCUT2D eigenvalue weighted by molar-refractivity contribution is 0.413. The number of nitrogen functional groups attached to an aromatic ring is 1. The molecule has 0 unspecified atom stereocenters. The normalized spacial score (nSPS) is 10.7. The standard InChI is InChI=1S/C14H12FN3OS/c1-19-9-5-2-4-8(15)11(9)13-12(14(16)18-17-13)10-6-3-7-20-10/h2-7H,1H3,(H3,16,17,18). The lowest BCUT2D eigenvalue weighted by atomic mass is 10.0. The minimum atomic E-state index is -0.384. The number of hydrogen-bond acceptors (Lipinski definition) is 4. The summed E-state index contributed by atoms with van der Waals surface area (Å²) >= 11 is 1.52. The number of nitrogens with zero attached hydrogens (tertiary/aromatic N) is 1. The number of methoxy groups -OCH3 is 1. The molecule has 20 heavy (non-hydrogen) atoms. The number of nitrogens with two attached hydrogens (primary N) is 1. The molecule has 0 fully saturated rings. The van der Waals surface area contributed by atoms with E-state index < -0.39 is 0 Å². The molecule has 0 aliphatic heterocycles. The zero-order valence-corrected chi connectivity index (χ0v) is 11.5. The maximum absolute atomic E-state index is 14.2. The molecule has 3 aromatic rings. The van der Waals surface area contributed by atoms with E-state index in [0.717, 1.165) is 4.88 Å². The Kier molecular flexibility index (Phi) is 3.15. The molecule has 0 atom stereocenters. The second kappa shape index (κ2) is 4.97. The zero-order valence-electron chi connectivity index (χ0n) is 10.7. The first kappa shape index (κ1) is 12.7. The number of halogens is 1. The number of anilines is 1. The van der Waals surface area contributed by atoms with E-state index in [1.165, 1.54) is 24.5 Å². The lowest BCUT2D eigenvalue weighted by Gasteiger charge is -2.09. The number of ether oxygens (including phenoxy) is 1. The van der Waals surface area contributed by atoms with Crippen LogP contribution >= 0.6 is 11.3 Å². The van der Waals surface area contributed by atoms with Crippen LogP contribution in [0.15, 0.2) is 35.7 Å². The summed E-state index contributed by atoms with van der Waals surface area (Å²) in [5, 5.41) is 8.74. The van der Waals surface area contributed by atoms with E-state index in [9.17, 15) is 4.39 Å². The van der Waals surface area contributed by atoms with E-state index >= 15 is 0 Å². The number of nitrogens with one attached hydrogen (secondary N) is 1. The number of thiophene rings is 1. The van der Waals surface area contributed by atoms with Gasteiger partial charge in [0.1, 0.15) is 11.6 Å². The molecule has 0 bridgehead atoms. The Balaban J connectivity index is 2.27. The fourth-order valence-corrected chi connectivity index (χ4v) is 2.91. The Bertz CT molecular complexity index is 737. The van der Waals surface area contributed by atoms with Crippen molar-refractivity contribution >= 4 is 17.2 Å². The van der Waals surface area contributed by atoms with Crippen LogP contribution in [0, 0.1) is 5.82 Å². The molecule has 0 spiro atoms. The summed E-state index contributed by atoms with van der Waals surface area (Å²) in [7, 11) is 1.50. The van der Waals surface area contributed by atoms with Crippen LogP contribution in [0.5, 0.6) is 5.75 Å². The van der Waals surface area contributed by atoms with E-state index in [1.807, 2.05) is 17.5 Å². The predicted molar refractivity (Wildman–Crippen MR) is 78.3 cm³/mol. The van der Waals surface area contributed by atoms with E-state index in [-0.39, 0.29) is 5.82 Å². The molecule has 0 saturated carbocycles. The Morgan fingerprint density at radius 1 is 1.25 bits per heavy atom. The monoisotopic (exact) mass is 289 g/mol. The number of aromatic amines is 1. The van der Waals surface area contributed by atoms with Crippen molar-refractivity contribution in [3.8, 4) is 27.4 Å². The second-order valence-corrected chi connectivity index (χ2v) is 5.10. The maximum Gasteiger partial charge on any atom is 0.154 e. The van der Waals surface area contributed by atoms with Gasteiger partial charge in [0.25, 0.3) is 0 Å². The van der Waals surface area contributed by atoms with E-state index in [4.69, 9.17) is 10.5 Å². The maximum atomic E-state index is 14.2. The van der Waals surface area contributed by atoms with Gasteiger partial charge in [-0.25, -0.2) is 4.39 Å². The molecule has 0 saturated heterocycles. The molecule has 0 amide bonds. The smallest absolute Gasteiger partial charge is 0.154 e. The summed E-state index contributed by atoms with van der Waals surface area (Å²) in [6, 6.07) is 8.51. The Labute approximate surface area is 119 Å². The topological polar surface area (TPSA) is 63.9 Å². The summed E-state index contributed by atoms with van der Waals surface area (Å²) in [5.74, 6) is 0.394. The first-order valence-electron chi connectivity index (χ1n) is 5.93. The first-order valence-corrected chi connectivity index (χ1v) is 6.81. The van der Waals surface area contributed by atoms with Crippen molar-refractivity contribution < 1.29 is 9.13 Å². The van der Waals surface area contributed by atoms with E-state index in [0.29, 0.717) is 28.4 Å². The average Bonchev–Trinajstić information content (AvgIpc) is 3.07. The van der Waals surface area contributed by atoms with Gasteiger partial charge in [0.15, 0.2) is 5.82 Å². The SMILES string of the molecule is COc1cccc(F)c1-c1[nH]nc(N)c1-c1cccs1. The van der Waals surface area contributed by atoms with Gasteiger partial charge in [-0.15, -0.1) is 11.3 Å². The molecule has 0 aliphatic carbocycles. The molecule has 102 valence electrons. The first-order chi connectivity index (χ1) is 9.72. The van der Waals surface area contributed by atoms with Crippen LogP contribution in [-0.2, 0) is 0 Å². The number of rotatable bonds is 3. The summed E-state index contributed by atoms with van der Waals surface area (Å²) in [6.07, 6.45) is 0. The van der Waals surface area contributed by atoms with Crippen LogP contribution in [0.25, 0.3) is 21.7 Å². The molecular formula is C14H12FN3OS. The van der Waals surface area contributed by atoms with Gasteiger partial charge in [-0.1, -0.05) is 12.1 Å². The lowest BCUT2D eigenvalue weighted by Crippen LogP contribution is -1.93. The summed E-state index contributed by atoms with van der Waals surface area (Å²) in [6.45, 7) is 0. The van der Waals surface area contributed by atoms with E-state index in [2.05, 4.69) is 10.2 Å². The summed E-state index contributed by atoms with van der Waals surface area (Å²) < 4.78 is 19.4. The van der Waals surface area contributed by atoms with Gasteiger partial charge in [-0.3, -0.25) is 5.10 Å². The van der Waals surface area contributed by atoms with Crippen molar-refractivity contribution in [2.75, 3.05) is 12.8 Å². The van der Waals surface area contributed by atoms with Gasteiger partial charge in [0.2, 0.25) is 0 Å². The minimum Gasteiger partial charge on any atom is -0.496 e. The largest absolute Gasteiger partial charge is 0.496 e. The molecule has 3 N–H and O–H groups in total. The summed E-state index contributed by atoms with van der Waals surface area (Å²) in [5.41, 5.74) is 7.47. The quantitative estimate of drug-likeness (QED) is 0.775. The van der Waals surface area contributed by atoms with Crippen molar-refractivity contribution in [3.05, 3.63) is 41.5 Å². The molecule has 2 heterocycles. The molecule has 4 nitrogen and oxygen atoms in total. The van der Waals surface area contributed by atoms with Crippen LogP contribution in [-0.4, -0.2) is 17.3 Å². The fraction of sp³-hybridized carbons (Fsp3) is 0.0714. The Hall–Kier alpha value is -2.34. The minimum absolute atomic E-state index is 0.336. The zero-order chi connectivity index (χ0) is 14.1. The number of hydrogen-bond donors (Lipinski definition) is 2. The highest BCUT2D eigenvalue weighted by Crippen LogP contribution is 2.41. The second-order valence-electron chi connectivity index (χ2n) is 4.15. The van der Waals surface area contributed by atoms with Gasteiger partial charge >= 0.3 is 0 Å². The van der Waals surface area contributed by atoms with Crippen molar-refractivity contribution in [1.82, 2.24) is 10.2 Å². The molecule has 6 heteroatoms. The van der Waals surface area contributed by atoms with Gasteiger partial charge in [0.05, 0.1) is 23.9 Å². The predicted octanol–water partition coefficient (Wildman–Crippen LogP) is 3.54. The van der Waals surface area contributed by atoms with Crippen LogP contribution in [0.4, 0.5) is 10.2 Å². The molecule has 0 radical (unpaired) electrons. The van der Waals surface area contributed by atoms with Gasteiger partial charge in [-0.2, -0.15) is 5.10 Å². The average molecular weight is 289 g/mol.